The van der Waals surface area contributed by atoms with Gasteiger partial charge in [-0.3, -0.25) is 0 Å². The third-order valence-electron chi connectivity index (χ3n) is 3.62. The van der Waals surface area contributed by atoms with Gasteiger partial charge in [0.25, 0.3) is 0 Å². The Kier molecular flexibility index (Phi) is 1.36. The number of allylic oxidation sites excluding steroid dienone is 2. The van der Waals surface area contributed by atoms with E-state index in [0.717, 1.165) is 23.7 Å². The Bertz CT molecular complexity index is 139. The molecule has 0 aromatic rings. The van der Waals surface area contributed by atoms with Crippen molar-refractivity contribution in [1.82, 2.24) is 0 Å². The minimum atomic E-state index is 0.917. The average molecular weight is 136 g/mol. The Morgan fingerprint density at radius 3 is 1.50 bits per heavy atom. The molecule has 0 aliphatic heterocycles. The molecule has 0 amide bonds. The summed E-state index contributed by atoms with van der Waals surface area (Å²) in [7, 11) is 0. The Morgan fingerprint density at radius 1 is 0.900 bits per heavy atom. The molecular weight excluding hydrogens is 120 g/mol. The van der Waals surface area contributed by atoms with E-state index in [1.807, 2.05) is 0 Å². The Hall–Kier alpha value is -0.260. The van der Waals surface area contributed by atoms with Crippen LogP contribution in [-0.2, 0) is 0 Å². The van der Waals surface area contributed by atoms with Crippen LogP contribution in [0.15, 0.2) is 12.2 Å². The molecule has 0 radical (unpaired) electrons. The van der Waals surface area contributed by atoms with Crippen LogP contribution in [0.3, 0.4) is 0 Å². The van der Waals surface area contributed by atoms with Crippen molar-refractivity contribution in [3.8, 4) is 0 Å². The molecule has 2 bridgehead atoms. The summed E-state index contributed by atoms with van der Waals surface area (Å²) in [6.45, 7) is 4.82. The van der Waals surface area contributed by atoms with Crippen LogP contribution in [0.2, 0.25) is 0 Å². The van der Waals surface area contributed by atoms with Gasteiger partial charge in [-0.05, 0) is 36.5 Å². The number of rotatable bonds is 0. The molecular formula is C10H16. The van der Waals surface area contributed by atoms with Gasteiger partial charge in [-0.1, -0.05) is 26.0 Å². The molecule has 0 N–H and O–H groups in total. The average Bonchev–Trinajstić information content (AvgIpc) is 2.00. The molecule has 0 saturated heterocycles. The first kappa shape index (κ1) is 6.45. The van der Waals surface area contributed by atoms with Gasteiger partial charge in [0.15, 0.2) is 0 Å². The number of hydrogen-bond donors (Lipinski definition) is 0. The lowest BCUT2D eigenvalue weighted by Crippen LogP contribution is -2.33. The molecule has 4 atom stereocenters. The van der Waals surface area contributed by atoms with E-state index >= 15 is 0 Å². The molecule has 0 aromatic heterocycles. The first-order chi connectivity index (χ1) is 4.79. The lowest BCUT2D eigenvalue weighted by molar-refractivity contribution is 0.152. The molecule has 56 valence electrons. The number of hydrogen-bond acceptors (Lipinski definition) is 0. The summed E-state index contributed by atoms with van der Waals surface area (Å²) < 4.78 is 0. The maximum atomic E-state index is 2.44. The van der Waals surface area contributed by atoms with Crippen molar-refractivity contribution in [3.05, 3.63) is 12.2 Å². The molecule has 0 nitrogen and oxygen atoms in total. The van der Waals surface area contributed by atoms with E-state index in [4.69, 9.17) is 0 Å². The molecule has 10 heavy (non-hydrogen) atoms. The maximum Gasteiger partial charge on any atom is -0.0205 e. The van der Waals surface area contributed by atoms with Crippen LogP contribution in [0, 0.1) is 23.7 Å². The van der Waals surface area contributed by atoms with Gasteiger partial charge in [-0.2, -0.15) is 0 Å². The fraction of sp³-hybridized carbons (Fsp3) is 0.800. The summed E-state index contributed by atoms with van der Waals surface area (Å²) in [5.74, 6) is 3.73. The highest BCUT2D eigenvalue weighted by atomic mass is 14.4. The summed E-state index contributed by atoms with van der Waals surface area (Å²) in [5.41, 5.74) is 0. The molecule has 3 aliphatic rings. The molecule has 0 spiro atoms. The van der Waals surface area contributed by atoms with Crippen molar-refractivity contribution in [2.75, 3.05) is 0 Å². The van der Waals surface area contributed by atoms with E-state index in [2.05, 4.69) is 26.0 Å². The fourth-order valence-electron chi connectivity index (χ4n) is 2.52. The Balaban J connectivity index is 2.25. The van der Waals surface area contributed by atoms with Gasteiger partial charge >= 0.3 is 0 Å². The molecule has 3 aliphatic carbocycles. The summed E-state index contributed by atoms with van der Waals surface area (Å²) in [5, 5.41) is 0. The normalized spacial score (nSPS) is 51.8. The van der Waals surface area contributed by atoms with E-state index in [1.54, 1.807) is 0 Å². The second kappa shape index (κ2) is 2.11. The molecule has 0 heteroatoms. The summed E-state index contributed by atoms with van der Waals surface area (Å²) in [6, 6.07) is 0. The summed E-state index contributed by atoms with van der Waals surface area (Å²) >= 11 is 0. The topological polar surface area (TPSA) is 0 Å². The Morgan fingerprint density at radius 2 is 1.30 bits per heavy atom. The maximum absolute atomic E-state index is 2.44. The minimum absolute atomic E-state index is 0.917. The molecule has 0 aromatic carbocycles. The quantitative estimate of drug-likeness (QED) is 0.449. The lowest BCUT2D eigenvalue weighted by Gasteiger charge is -2.41. The molecule has 0 heterocycles. The van der Waals surface area contributed by atoms with Crippen molar-refractivity contribution >= 4 is 0 Å². The van der Waals surface area contributed by atoms with E-state index in [1.165, 1.54) is 12.8 Å². The first-order valence-corrected chi connectivity index (χ1v) is 4.47. The Labute approximate surface area is 63.3 Å². The third-order valence-corrected chi connectivity index (χ3v) is 3.62. The molecule has 1 saturated carbocycles. The van der Waals surface area contributed by atoms with Gasteiger partial charge in [0.2, 0.25) is 0 Å². The SMILES string of the molecule is C[C@H]1[C@H](C)[C@H]2C=C[C@@H]1CC2. The van der Waals surface area contributed by atoms with Crippen molar-refractivity contribution in [2.45, 2.75) is 26.7 Å². The van der Waals surface area contributed by atoms with Crippen LogP contribution in [-0.4, -0.2) is 0 Å². The van der Waals surface area contributed by atoms with Gasteiger partial charge in [0.1, 0.15) is 0 Å². The standard InChI is InChI=1S/C10H16/c1-7-8(2)10-5-3-9(7)4-6-10/h3,5,7-10H,4,6H2,1-2H3/t7-,8-,9-,10+/m0/s1. The van der Waals surface area contributed by atoms with Crippen molar-refractivity contribution in [2.24, 2.45) is 23.7 Å². The monoisotopic (exact) mass is 136 g/mol. The largest absolute Gasteiger partial charge is 0.0849 e. The zero-order valence-electron chi connectivity index (χ0n) is 6.88. The summed E-state index contributed by atoms with van der Waals surface area (Å²) in [4.78, 5) is 0. The van der Waals surface area contributed by atoms with Crippen LogP contribution < -0.4 is 0 Å². The second-order valence-corrected chi connectivity index (χ2v) is 4.01. The second-order valence-electron chi connectivity index (χ2n) is 4.01. The van der Waals surface area contributed by atoms with Crippen molar-refractivity contribution in [3.63, 3.8) is 0 Å². The third kappa shape index (κ3) is 0.744. The smallest absolute Gasteiger partial charge is 0.0205 e. The molecule has 1 fully saturated rings. The van der Waals surface area contributed by atoms with E-state index in [-0.39, 0.29) is 0 Å². The van der Waals surface area contributed by atoms with Crippen LogP contribution >= 0.6 is 0 Å². The van der Waals surface area contributed by atoms with Gasteiger partial charge in [0.05, 0.1) is 0 Å². The van der Waals surface area contributed by atoms with E-state index < -0.39 is 0 Å². The predicted molar refractivity (Wildman–Crippen MR) is 43.7 cm³/mol. The molecule has 3 rings (SSSR count). The predicted octanol–water partition coefficient (Wildman–Crippen LogP) is 2.85. The van der Waals surface area contributed by atoms with Gasteiger partial charge in [-0.25, -0.2) is 0 Å². The van der Waals surface area contributed by atoms with Gasteiger partial charge in [-0.15, -0.1) is 0 Å². The van der Waals surface area contributed by atoms with E-state index in [0.29, 0.717) is 0 Å². The molecule has 0 unspecified atom stereocenters. The number of fused-ring (bicyclic) bond motifs is 2. The first-order valence-electron chi connectivity index (χ1n) is 4.47. The van der Waals surface area contributed by atoms with Crippen molar-refractivity contribution < 1.29 is 0 Å². The van der Waals surface area contributed by atoms with Crippen molar-refractivity contribution in [1.29, 1.82) is 0 Å². The highest BCUT2D eigenvalue weighted by molar-refractivity contribution is 5.07. The zero-order chi connectivity index (χ0) is 7.14. The highest BCUT2D eigenvalue weighted by Crippen LogP contribution is 2.43. The van der Waals surface area contributed by atoms with Crippen LogP contribution in [0.4, 0.5) is 0 Å². The summed E-state index contributed by atoms with van der Waals surface area (Å²) in [6.07, 6.45) is 7.79. The van der Waals surface area contributed by atoms with Gasteiger partial charge < -0.3 is 0 Å². The fourth-order valence-corrected chi connectivity index (χ4v) is 2.52. The van der Waals surface area contributed by atoms with Crippen LogP contribution in [0.5, 0.6) is 0 Å². The minimum Gasteiger partial charge on any atom is -0.0849 e. The highest BCUT2D eigenvalue weighted by Gasteiger charge is 2.34. The zero-order valence-corrected chi connectivity index (χ0v) is 6.88. The van der Waals surface area contributed by atoms with E-state index in [9.17, 15) is 0 Å². The van der Waals surface area contributed by atoms with Crippen LogP contribution in [0.25, 0.3) is 0 Å². The van der Waals surface area contributed by atoms with Crippen LogP contribution in [0.1, 0.15) is 26.7 Å². The lowest BCUT2D eigenvalue weighted by atomic mass is 9.64. The van der Waals surface area contributed by atoms with Gasteiger partial charge in [0, 0.05) is 0 Å².